The number of aromatic nitrogens is 5. The van der Waals surface area contributed by atoms with Crippen LogP contribution in [0.15, 0.2) is 54.6 Å². The van der Waals surface area contributed by atoms with Gasteiger partial charge in [-0.3, -0.25) is 14.8 Å². The van der Waals surface area contributed by atoms with Crippen molar-refractivity contribution in [2.24, 2.45) is 0 Å². The average Bonchev–Trinajstić information content (AvgIpc) is 3.61. The van der Waals surface area contributed by atoms with E-state index in [0.717, 1.165) is 35.0 Å². The number of para-hydroxylation sites is 1. The van der Waals surface area contributed by atoms with Crippen molar-refractivity contribution in [1.82, 2.24) is 29.5 Å². The van der Waals surface area contributed by atoms with Crippen molar-refractivity contribution >= 4 is 32.8 Å². The van der Waals surface area contributed by atoms with Gasteiger partial charge in [-0.1, -0.05) is 29.5 Å². The molecular formula is C24H27N7O4S. The number of ether oxygens (including phenoxy) is 1. The first-order valence-corrected chi connectivity index (χ1v) is 13.4. The molecule has 0 bridgehead atoms. The zero-order valence-electron chi connectivity index (χ0n) is 19.6. The second-order valence-electron chi connectivity index (χ2n) is 8.72. The highest BCUT2D eigenvalue weighted by atomic mass is 32.2. The molecule has 0 radical (unpaired) electrons. The van der Waals surface area contributed by atoms with Crippen molar-refractivity contribution in [3.63, 3.8) is 0 Å². The molecule has 12 heteroatoms. The summed E-state index contributed by atoms with van der Waals surface area (Å²) in [6.45, 7) is 3.85. The Labute approximate surface area is 208 Å². The standard InChI is InChI=1S/C24H27N7O4S/c32-24(15-18-7-9-20(10-8-18)35-14-13-30-11-3-4-12-30)25-23-16-19(26-28-23)17-36(33,34)31-22-6-2-1-5-21(22)27-29-31/h1-2,5-10,16H,3-4,11-15,17H2,(H2,25,26,28,32). The van der Waals surface area contributed by atoms with Crippen LogP contribution < -0.4 is 10.1 Å². The fourth-order valence-corrected chi connectivity index (χ4v) is 5.45. The van der Waals surface area contributed by atoms with Crippen LogP contribution in [0.2, 0.25) is 0 Å². The number of hydrogen-bond donors (Lipinski definition) is 2. The van der Waals surface area contributed by atoms with Gasteiger partial charge in [0.05, 0.1) is 12.1 Å². The molecule has 3 heterocycles. The number of nitrogens with one attached hydrogen (secondary N) is 2. The van der Waals surface area contributed by atoms with Gasteiger partial charge in [0.1, 0.15) is 29.1 Å². The molecule has 4 aromatic rings. The molecule has 1 aliphatic rings. The lowest BCUT2D eigenvalue weighted by Crippen LogP contribution is -2.25. The van der Waals surface area contributed by atoms with Crippen LogP contribution in [0.5, 0.6) is 5.75 Å². The maximum atomic E-state index is 12.8. The summed E-state index contributed by atoms with van der Waals surface area (Å²) in [4.78, 5) is 14.9. The van der Waals surface area contributed by atoms with Gasteiger partial charge in [0.15, 0.2) is 5.82 Å². The topological polar surface area (TPSA) is 135 Å². The van der Waals surface area contributed by atoms with Gasteiger partial charge < -0.3 is 10.1 Å². The molecule has 188 valence electrons. The molecule has 11 nitrogen and oxygen atoms in total. The molecule has 0 atom stereocenters. The molecule has 1 saturated heterocycles. The number of fused-ring (bicyclic) bond motifs is 1. The Morgan fingerprint density at radius 3 is 2.67 bits per heavy atom. The summed E-state index contributed by atoms with van der Waals surface area (Å²) in [6, 6.07) is 15.7. The molecule has 2 aromatic carbocycles. The van der Waals surface area contributed by atoms with E-state index < -0.39 is 10.0 Å². The summed E-state index contributed by atoms with van der Waals surface area (Å²) < 4.78 is 32.3. The zero-order valence-corrected chi connectivity index (χ0v) is 20.4. The highest BCUT2D eigenvalue weighted by Gasteiger charge is 2.21. The lowest BCUT2D eigenvalue weighted by Gasteiger charge is -2.15. The number of aromatic amines is 1. The first-order valence-electron chi connectivity index (χ1n) is 11.8. The number of H-pyrrole nitrogens is 1. The molecule has 0 aliphatic carbocycles. The van der Waals surface area contributed by atoms with E-state index in [1.807, 2.05) is 24.3 Å². The molecule has 2 N–H and O–H groups in total. The van der Waals surface area contributed by atoms with Crippen LogP contribution in [0.3, 0.4) is 0 Å². The lowest BCUT2D eigenvalue weighted by molar-refractivity contribution is -0.115. The smallest absolute Gasteiger partial charge is 0.261 e. The minimum absolute atomic E-state index is 0.152. The van der Waals surface area contributed by atoms with E-state index in [1.54, 1.807) is 24.3 Å². The molecule has 1 amide bonds. The molecule has 1 fully saturated rings. The van der Waals surface area contributed by atoms with Crippen molar-refractivity contribution in [3.8, 4) is 5.75 Å². The van der Waals surface area contributed by atoms with E-state index in [2.05, 4.69) is 30.7 Å². The maximum Gasteiger partial charge on any atom is 0.261 e. The van der Waals surface area contributed by atoms with Gasteiger partial charge in [0.2, 0.25) is 5.91 Å². The van der Waals surface area contributed by atoms with E-state index in [4.69, 9.17) is 4.74 Å². The number of rotatable bonds is 10. The van der Waals surface area contributed by atoms with Crippen LogP contribution in [0, 0.1) is 0 Å². The number of hydrogen-bond acceptors (Lipinski definition) is 8. The predicted octanol–water partition coefficient (Wildman–Crippen LogP) is 2.19. The van der Waals surface area contributed by atoms with E-state index >= 15 is 0 Å². The van der Waals surface area contributed by atoms with Crippen LogP contribution in [0.1, 0.15) is 24.1 Å². The molecule has 0 spiro atoms. The van der Waals surface area contributed by atoms with Crippen LogP contribution in [0.4, 0.5) is 5.82 Å². The fraction of sp³-hybridized carbons (Fsp3) is 0.333. The SMILES string of the molecule is O=C(Cc1ccc(OCCN2CCCC2)cc1)Nc1cc(CS(=O)(=O)n2nnc3ccccc32)[nH]n1. The van der Waals surface area contributed by atoms with E-state index in [-0.39, 0.29) is 23.9 Å². The minimum Gasteiger partial charge on any atom is -0.492 e. The Morgan fingerprint density at radius 2 is 1.86 bits per heavy atom. The Morgan fingerprint density at radius 1 is 1.08 bits per heavy atom. The number of carbonyl (C=O) groups is 1. The van der Waals surface area contributed by atoms with Crippen molar-refractivity contribution in [2.75, 3.05) is 31.6 Å². The van der Waals surface area contributed by atoms with Crippen LogP contribution >= 0.6 is 0 Å². The number of benzene rings is 2. The van der Waals surface area contributed by atoms with Gasteiger partial charge in [0.25, 0.3) is 10.0 Å². The van der Waals surface area contributed by atoms with Gasteiger partial charge in [0, 0.05) is 12.6 Å². The van der Waals surface area contributed by atoms with Gasteiger partial charge in [-0.25, -0.2) is 8.42 Å². The Bertz CT molecular complexity index is 1440. The third-order valence-electron chi connectivity index (χ3n) is 5.98. The van der Waals surface area contributed by atoms with Gasteiger partial charge in [-0.15, -0.1) is 9.19 Å². The number of nitrogens with zero attached hydrogens (tertiary/aromatic N) is 5. The van der Waals surface area contributed by atoms with Crippen LogP contribution in [-0.2, 0) is 27.0 Å². The highest BCUT2D eigenvalue weighted by Crippen LogP contribution is 2.17. The van der Waals surface area contributed by atoms with E-state index in [1.165, 1.54) is 18.9 Å². The first kappa shape index (κ1) is 23.9. The number of amides is 1. The first-order chi connectivity index (χ1) is 17.5. The fourth-order valence-electron chi connectivity index (χ4n) is 4.18. The summed E-state index contributed by atoms with van der Waals surface area (Å²) in [6.07, 6.45) is 2.67. The average molecular weight is 510 g/mol. The number of anilines is 1. The van der Waals surface area contributed by atoms with E-state index in [9.17, 15) is 13.2 Å². The summed E-state index contributed by atoms with van der Waals surface area (Å²) in [5.74, 6) is 0.385. The normalized spacial score (nSPS) is 14.3. The Balaban J connectivity index is 1.13. The van der Waals surface area contributed by atoms with E-state index in [0.29, 0.717) is 23.3 Å². The third-order valence-corrected chi connectivity index (χ3v) is 7.46. The molecule has 1 aliphatic heterocycles. The maximum absolute atomic E-state index is 12.8. The molecular weight excluding hydrogens is 482 g/mol. The summed E-state index contributed by atoms with van der Waals surface area (Å²) in [5.41, 5.74) is 2.03. The predicted molar refractivity (Wildman–Crippen MR) is 134 cm³/mol. The summed E-state index contributed by atoms with van der Waals surface area (Å²) >= 11 is 0. The van der Waals surface area contributed by atoms with Crippen molar-refractivity contribution < 1.29 is 17.9 Å². The number of carbonyl (C=O) groups excluding carboxylic acids is 1. The second kappa shape index (κ2) is 10.5. The summed E-state index contributed by atoms with van der Waals surface area (Å²) in [7, 11) is -3.83. The molecule has 0 saturated carbocycles. The minimum atomic E-state index is -3.83. The largest absolute Gasteiger partial charge is 0.492 e. The Kier molecular flexibility index (Phi) is 6.96. The van der Waals surface area contributed by atoms with Gasteiger partial charge in [-0.2, -0.15) is 5.10 Å². The quantitative estimate of drug-likeness (QED) is 0.332. The molecule has 2 aromatic heterocycles. The van der Waals surface area contributed by atoms with Crippen molar-refractivity contribution in [3.05, 3.63) is 65.9 Å². The monoisotopic (exact) mass is 509 g/mol. The highest BCUT2D eigenvalue weighted by molar-refractivity contribution is 7.89. The lowest BCUT2D eigenvalue weighted by atomic mass is 10.1. The Hall–Kier alpha value is -3.77. The van der Waals surface area contributed by atoms with Crippen LogP contribution in [0.25, 0.3) is 11.0 Å². The van der Waals surface area contributed by atoms with Crippen molar-refractivity contribution in [1.29, 1.82) is 0 Å². The van der Waals surface area contributed by atoms with Gasteiger partial charge >= 0.3 is 0 Å². The third kappa shape index (κ3) is 5.71. The summed E-state index contributed by atoms with van der Waals surface area (Å²) in [5, 5.41) is 17.0. The van der Waals surface area contributed by atoms with Gasteiger partial charge in [-0.05, 0) is 55.8 Å². The molecule has 5 rings (SSSR count). The second-order valence-corrected chi connectivity index (χ2v) is 10.5. The van der Waals surface area contributed by atoms with Crippen LogP contribution in [-0.4, -0.2) is 70.1 Å². The molecule has 36 heavy (non-hydrogen) atoms. The molecule has 0 unspecified atom stereocenters. The number of likely N-dealkylation sites (tertiary alicyclic amines) is 1. The van der Waals surface area contributed by atoms with Crippen molar-refractivity contribution in [2.45, 2.75) is 25.0 Å². The zero-order chi connectivity index (χ0) is 25.0.